The summed E-state index contributed by atoms with van der Waals surface area (Å²) in [6, 6.07) is 0. The van der Waals surface area contributed by atoms with Crippen LogP contribution in [0.25, 0.3) is 0 Å². The smallest absolute Gasteiger partial charge is 0 e. The average Bonchev–Trinajstić information content (AvgIpc) is 0. The normalized spacial score (nSPS) is 0. The first-order valence-electron chi connectivity index (χ1n) is 0. The fourth-order valence-corrected chi connectivity index (χ4v) is 0. The van der Waals surface area contributed by atoms with Crippen LogP contribution in [0.5, 0.6) is 0 Å². The van der Waals surface area contributed by atoms with Gasteiger partial charge in [-0.05, 0) is 0 Å². The second-order valence-electron chi connectivity index (χ2n) is 0. The first-order chi connectivity index (χ1) is 0. The van der Waals surface area contributed by atoms with Crippen LogP contribution in [-0.4, -0.2) is 0 Å². The Labute approximate surface area is 145 Å². The zero-order chi connectivity index (χ0) is 0. The van der Waals surface area contributed by atoms with Crippen LogP contribution < -0.4 is 0 Å². The van der Waals surface area contributed by atoms with Crippen LogP contribution in [0.1, 0.15) is 0 Å². The zero-order valence-electron chi connectivity index (χ0n) is 3.10. The van der Waals surface area contributed by atoms with Gasteiger partial charge in [0.15, 0.2) is 0 Å². The topological polar surface area (TPSA) is 0 Å². The molecule has 0 aliphatic carbocycles. The largest absolute Gasteiger partial charge is 0.147 e. The van der Waals surface area contributed by atoms with E-state index in [-0.39, 0.29) is 148 Å². The quantitative estimate of drug-likeness (QED) is 0.288. The fraction of sp³-hybridized carbons (Fsp3) is 0. The molecular weight excluding hydrogens is 619 g/mol. The van der Waals surface area contributed by atoms with Gasteiger partial charge in [-0.3, -0.25) is 0 Å². The summed E-state index contributed by atoms with van der Waals surface area (Å²) in [5.74, 6) is 0. The standard InChI is InChI=1S/2ClH.3Fe.3HI/h2*1H;;;;3*1H. The van der Waals surface area contributed by atoms with E-state index in [0.717, 1.165) is 0 Å². The Bertz CT molecular complexity index is 12.5. The second-order valence-corrected chi connectivity index (χ2v) is 0. The molecule has 0 heterocycles. The van der Waals surface area contributed by atoms with Crippen LogP contribution in [0.15, 0.2) is 0 Å². The van der Waals surface area contributed by atoms with Crippen LogP contribution in [0.2, 0.25) is 0 Å². The van der Waals surface area contributed by atoms with Crippen molar-refractivity contribution in [3.05, 3.63) is 0 Å². The van der Waals surface area contributed by atoms with Gasteiger partial charge in [-0.1, -0.05) is 0 Å². The predicted octanol–water partition coefficient (Wildman–Crippen LogP) is 2.69. The van der Waals surface area contributed by atoms with Crippen LogP contribution in [0, 0.1) is 0 Å². The predicted molar refractivity (Wildman–Crippen MR) is 60.7 cm³/mol. The Morgan fingerprint density at radius 2 is 0.375 bits per heavy atom. The summed E-state index contributed by atoms with van der Waals surface area (Å²) in [5.41, 5.74) is 0. The van der Waals surface area contributed by atoms with E-state index in [1.807, 2.05) is 0 Å². The monoisotopic (exact) mass is 623 g/mol. The molecule has 8 heteroatoms. The van der Waals surface area contributed by atoms with E-state index in [0.29, 0.717) is 0 Å². The third-order valence-corrected chi connectivity index (χ3v) is 0. The minimum atomic E-state index is 0. The Balaban J connectivity index is 0. The summed E-state index contributed by atoms with van der Waals surface area (Å²) in [4.78, 5) is 0. The summed E-state index contributed by atoms with van der Waals surface area (Å²) in [5, 5.41) is 0. The van der Waals surface area contributed by atoms with E-state index in [9.17, 15) is 0 Å². The molecule has 0 saturated carbocycles. The Hall–Kier alpha value is 4.33. The number of halogens is 5. The summed E-state index contributed by atoms with van der Waals surface area (Å²) < 4.78 is 0. The molecule has 0 aliphatic heterocycles. The summed E-state index contributed by atoms with van der Waals surface area (Å²) in [7, 11) is 0. The number of rotatable bonds is 0. The maximum Gasteiger partial charge on any atom is 0 e. The SMILES string of the molecule is Cl.Cl.I.I.I.[Fe].[Fe].[Fe]. The molecule has 8 heavy (non-hydrogen) atoms. The van der Waals surface area contributed by atoms with Crippen molar-refractivity contribution in [2.75, 3.05) is 0 Å². The van der Waals surface area contributed by atoms with Crippen molar-refractivity contribution in [1.82, 2.24) is 0 Å². The molecule has 64 valence electrons. The van der Waals surface area contributed by atoms with Gasteiger partial charge >= 0.3 is 0 Å². The van der Waals surface area contributed by atoms with E-state index in [2.05, 4.69) is 0 Å². The Morgan fingerprint density at radius 1 is 0.375 bits per heavy atom. The summed E-state index contributed by atoms with van der Waals surface area (Å²) in [6.45, 7) is 0. The number of hydrogen-bond donors (Lipinski definition) is 0. The second kappa shape index (κ2) is 64.5. The van der Waals surface area contributed by atoms with Crippen LogP contribution in [0.3, 0.4) is 0 Å². The van der Waals surface area contributed by atoms with E-state index in [4.69, 9.17) is 0 Å². The molecule has 0 saturated heterocycles. The van der Waals surface area contributed by atoms with Crippen molar-refractivity contribution < 1.29 is 51.2 Å². The molecular formula is H5Cl2Fe3I3. The van der Waals surface area contributed by atoms with Gasteiger partial charge in [-0.15, -0.1) is 96.7 Å². The summed E-state index contributed by atoms with van der Waals surface area (Å²) >= 11 is 0. The third-order valence-electron chi connectivity index (χ3n) is 0. The van der Waals surface area contributed by atoms with Crippen molar-refractivity contribution in [2.24, 2.45) is 0 Å². The zero-order valence-corrected chi connectivity index (χ0v) is 15.0. The van der Waals surface area contributed by atoms with Crippen molar-refractivity contribution >= 4 is 96.7 Å². The molecule has 0 nitrogen and oxygen atoms in total. The molecule has 0 aromatic heterocycles. The van der Waals surface area contributed by atoms with Crippen LogP contribution >= 0.6 is 96.7 Å². The first kappa shape index (κ1) is 84.4. The molecule has 0 spiro atoms. The minimum absolute atomic E-state index is 0. The van der Waals surface area contributed by atoms with Crippen molar-refractivity contribution in [3.8, 4) is 0 Å². The molecule has 0 aromatic rings. The third kappa shape index (κ3) is 48.0. The van der Waals surface area contributed by atoms with Gasteiger partial charge in [0, 0.05) is 51.2 Å². The van der Waals surface area contributed by atoms with E-state index < -0.39 is 0 Å². The van der Waals surface area contributed by atoms with E-state index in [1.165, 1.54) is 0 Å². The van der Waals surface area contributed by atoms with Gasteiger partial charge in [0.25, 0.3) is 0 Å². The van der Waals surface area contributed by atoms with E-state index >= 15 is 0 Å². The molecule has 0 rings (SSSR count). The molecule has 0 unspecified atom stereocenters. The van der Waals surface area contributed by atoms with Gasteiger partial charge < -0.3 is 0 Å². The van der Waals surface area contributed by atoms with Crippen LogP contribution in [-0.2, 0) is 51.2 Å². The Kier molecular flexibility index (Phi) is 681. The maximum atomic E-state index is 0. The fourth-order valence-electron chi connectivity index (χ4n) is 0. The molecule has 0 radical (unpaired) electrons. The average molecular weight is 624 g/mol. The van der Waals surface area contributed by atoms with Crippen molar-refractivity contribution in [1.29, 1.82) is 0 Å². The van der Waals surface area contributed by atoms with Gasteiger partial charge in [-0.25, -0.2) is 0 Å². The van der Waals surface area contributed by atoms with E-state index in [1.54, 1.807) is 0 Å². The van der Waals surface area contributed by atoms with Crippen molar-refractivity contribution in [3.63, 3.8) is 0 Å². The van der Waals surface area contributed by atoms with Crippen molar-refractivity contribution in [2.45, 2.75) is 0 Å². The molecule has 0 aromatic carbocycles. The van der Waals surface area contributed by atoms with Gasteiger partial charge in [0.05, 0.1) is 0 Å². The molecule has 0 aliphatic rings. The molecule has 0 bridgehead atoms. The van der Waals surface area contributed by atoms with Gasteiger partial charge in [-0.2, -0.15) is 0 Å². The number of hydrogen-bond acceptors (Lipinski definition) is 0. The Morgan fingerprint density at radius 3 is 0.375 bits per heavy atom. The summed E-state index contributed by atoms with van der Waals surface area (Å²) in [6.07, 6.45) is 0. The molecule has 0 atom stereocenters. The van der Waals surface area contributed by atoms with Gasteiger partial charge in [0.1, 0.15) is 0 Å². The first-order valence-corrected chi connectivity index (χ1v) is 0. The van der Waals surface area contributed by atoms with Gasteiger partial charge in [0.2, 0.25) is 0 Å². The maximum absolute atomic E-state index is 0. The minimum Gasteiger partial charge on any atom is -0.147 e. The molecule has 0 amide bonds. The molecule has 0 N–H and O–H groups in total. The molecule has 0 fully saturated rings. The van der Waals surface area contributed by atoms with Crippen LogP contribution in [0.4, 0.5) is 0 Å².